The van der Waals surface area contributed by atoms with Crippen LogP contribution < -0.4 is 0 Å². The van der Waals surface area contributed by atoms with Crippen LogP contribution in [-0.2, 0) is 4.57 Å². The first kappa shape index (κ1) is 14.3. The van der Waals surface area contributed by atoms with E-state index >= 15 is 0 Å². The molecule has 0 aromatic rings. The van der Waals surface area contributed by atoms with E-state index in [1.165, 1.54) is 0 Å². The number of nitrogens with zero attached hydrogens (tertiary/aromatic N) is 1. The zero-order valence-corrected chi connectivity index (χ0v) is 11.6. The molecule has 0 saturated heterocycles. The molecule has 0 radical (unpaired) electrons. The molecule has 3 unspecified atom stereocenters. The molecule has 0 amide bonds. The van der Waals surface area contributed by atoms with Gasteiger partial charge in [0.05, 0.1) is 12.1 Å². The Kier molecular flexibility index (Phi) is 6.20. The van der Waals surface area contributed by atoms with Crippen LogP contribution in [0.15, 0.2) is 0 Å². The molecule has 0 aliphatic heterocycles. The van der Waals surface area contributed by atoms with Gasteiger partial charge in [-0.1, -0.05) is 32.4 Å². The molecule has 0 aliphatic carbocycles. The van der Waals surface area contributed by atoms with Gasteiger partial charge >= 0.3 is 7.30 Å². The van der Waals surface area contributed by atoms with Gasteiger partial charge in [-0.2, -0.15) is 0 Å². The molecule has 0 spiro atoms. The summed E-state index contributed by atoms with van der Waals surface area (Å²) >= 11 is 5.76. The average molecular weight is 239 g/mol. The van der Waals surface area contributed by atoms with Crippen LogP contribution in [0.1, 0.15) is 41.5 Å². The summed E-state index contributed by atoms with van der Waals surface area (Å²) in [6, 6.07) is 0.516. The molecular formula is C10H22ClNOP+. The van der Waals surface area contributed by atoms with E-state index in [9.17, 15) is 4.57 Å². The Morgan fingerprint density at radius 3 is 1.36 bits per heavy atom. The van der Waals surface area contributed by atoms with Gasteiger partial charge in [0.1, 0.15) is 0 Å². The summed E-state index contributed by atoms with van der Waals surface area (Å²) in [7, 11) is -1.75. The summed E-state index contributed by atoms with van der Waals surface area (Å²) in [6.45, 7) is 12.7. The van der Waals surface area contributed by atoms with Crippen LogP contribution in [0.4, 0.5) is 0 Å². The van der Waals surface area contributed by atoms with Crippen LogP contribution in [0.2, 0.25) is 0 Å². The number of hydrogen-bond donors (Lipinski definition) is 0. The molecular weight excluding hydrogens is 217 g/mol. The van der Waals surface area contributed by atoms with E-state index in [2.05, 4.69) is 41.5 Å². The van der Waals surface area contributed by atoms with Gasteiger partial charge in [-0.25, -0.2) is 0 Å². The average Bonchev–Trinajstić information content (AvgIpc) is 2.03. The fraction of sp³-hybridized carbons (Fsp3) is 1.00. The molecule has 0 N–H and O–H groups in total. The van der Waals surface area contributed by atoms with Crippen molar-refractivity contribution < 1.29 is 4.57 Å². The smallest absolute Gasteiger partial charge is 0.0740 e. The zero-order chi connectivity index (χ0) is 11.5. The van der Waals surface area contributed by atoms with E-state index in [1.54, 1.807) is 0 Å². The van der Waals surface area contributed by atoms with E-state index < -0.39 is 7.30 Å². The van der Waals surface area contributed by atoms with Gasteiger partial charge in [-0.15, -0.1) is 0 Å². The monoisotopic (exact) mass is 238 g/mol. The Hall–Kier alpha value is 0.350. The second-order valence-electron chi connectivity index (χ2n) is 4.58. The SMILES string of the molecule is CC(C)C(C)N(C(C)C(C)C)[P+](=O)Cl. The molecule has 14 heavy (non-hydrogen) atoms. The number of hydrogen-bond acceptors (Lipinski definition) is 1. The minimum absolute atomic E-state index is 0.258. The van der Waals surface area contributed by atoms with E-state index in [0.717, 1.165) is 0 Å². The van der Waals surface area contributed by atoms with Gasteiger partial charge in [-0.3, -0.25) is 0 Å². The molecule has 0 aromatic heterocycles. The van der Waals surface area contributed by atoms with E-state index in [0.29, 0.717) is 11.8 Å². The fourth-order valence-electron chi connectivity index (χ4n) is 1.27. The van der Waals surface area contributed by atoms with E-state index in [4.69, 9.17) is 11.2 Å². The van der Waals surface area contributed by atoms with Crippen LogP contribution in [0, 0.1) is 11.8 Å². The maximum atomic E-state index is 11.5. The lowest BCUT2D eigenvalue weighted by atomic mass is 10.0. The molecule has 0 rings (SSSR count). The summed E-state index contributed by atoms with van der Waals surface area (Å²) in [4.78, 5) is 0. The minimum Gasteiger partial charge on any atom is -0.0740 e. The maximum Gasteiger partial charge on any atom is 0.556 e. The first-order chi connectivity index (χ1) is 6.29. The van der Waals surface area contributed by atoms with Crippen molar-refractivity contribution in [3.63, 3.8) is 0 Å². The molecule has 0 aromatic carbocycles. The van der Waals surface area contributed by atoms with E-state index in [1.807, 2.05) is 4.67 Å². The van der Waals surface area contributed by atoms with Gasteiger partial charge in [0.2, 0.25) is 11.2 Å². The van der Waals surface area contributed by atoms with Crippen molar-refractivity contribution in [2.45, 2.75) is 53.6 Å². The summed E-state index contributed by atoms with van der Waals surface area (Å²) in [5.74, 6) is 0.933. The van der Waals surface area contributed by atoms with E-state index in [-0.39, 0.29) is 12.1 Å². The van der Waals surface area contributed by atoms with Gasteiger partial charge in [0, 0.05) is 0 Å². The van der Waals surface area contributed by atoms with Gasteiger partial charge in [-0.05, 0) is 30.2 Å². The van der Waals surface area contributed by atoms with Crippen LogP contribution in [0.3, 0.4) is 0 Å². The van der Waals surface area contributed by atoms with Gasteiger partial charge in [0.15, 0.2) is 0 Å². The van der Waals surface area contributed by atoms with Crippen molar-refractivity contribution in [1.29, 1.82) is 0 Å². The topological polar surface area (TPSA) is 20.3 Å². The first-order valence-corrected chi connectivity index (χ1v) is 7.32. The maximum absolute atomic E-state index is 11.5. The lowest BCUT2D eigenvalue weighted by Crippen LogP contribution is -2.39. The summed E-state index contributed by atoms with van der Waals surface area (Å²) in [6.07, 6.45) is 0. The Bertz CT molecular complexity index is 183. The van der Waals surface area contributed by atoms with Crippen molar-refractivity contribution in [3.05, 3.63) is 0 Å². The van der Waals surface area contributed by atoms with Crippen LogP contribution in [0.5, 0.6) is 0 Å². The third-order valence-corrected chi connectivity index (χ3v) is 4.56. The van der Waals surface area contributed by atoms with Gasteiger partial charge in [0.25, 0.3) is 0 Å². The predicted octanol–water partition coefficient (Wildman–Crippen LogP) is 4.27. The zero-order valence-electron chi connectivity index (χ0n) is 9.99. The highest BCUT2D eigenvalue weighted by atomic mass is 35.7. The summed E-state index contributed by atoms with van der Waals surface area (Å²) in [5.41, 5.74) is 0. The second-order valence-corrected chi connectivity index (χ2v) is 6.36. The normalized spacial score (nSPS) is 17.7. The first-order valence-electron chi connectivity index (χ1n) is 5.20. The van der Waals surface area contributed by atoms with Crippen molar-refractivity contribution in [2.24, 2.45) is 11.8 Å². The van der Waals surface area contributed by atoms with Crippen LogP contribution in [0.25, 0.3) is 0 Å². The predicted molar refractivity (Wildman–Crippen MR) is 63.9 cm³/mol. The molecule has 0 heterocycles. The van der Waals surface area contributed by atoms with Crippen molar-refractivity contribution in [2.75, 3.05) is 0 Å². The van der Waals surface area contributed by atoms with Gasteiger partial charge < -0.3 is 0 Å². The molecule has 2 nitrogen and oxygen atoms in total. The largest absolute Gasteiger partial charge is 0.556 e. The molecule has 84 valence electrons. The highest BCUT2D eigenvalue weighted by molar-refractivity contribution is 7.71. The second kappa shape index (κ2) is 6.05. The molecule has 0 bridgehead atoms. The molecule has 4 heteroatoms. The lowest BCUT2D eigenvalue weighted by Gasteiger charge is -2.28. The fourth-order valence-corrected chi connectivity index (χ4v) is 3.20. The summed E-state index contributed by atoms with van der Waals surface area (Å²) < 4.78 is 13.4. The van der Waals surface area contributed by atoms with Crippen LogP contribution in [-0.4, -0.2) is 16.8 Å². The Labute approximate surface area is 93.6 Å². The summed E-state index contributed by atoms with van der Waals surface area (Å²) in [5, 5.41) is 0. The minimum atomic E-state index is -1.75. The number of halogens is 1. The quantitative estimate of drug-likeness (QED) is 0.667. The Morgan fingerprint density at radius 1 is 0.929 bits per heavy atom. The molecule has 0 saturated carbocycles. The van der Waals surface area contributed by atoms with Crippen molar-refractivity contribution in [1.82, 2.24) is 4.67 Å². The van der Waals surface area contributed by atoms with Crippen LogP contribution >= 0.6 is 18.5 Å². The number of rotatable bonds is 5. The third-order valence-electron chi connectivity index (χ3n) is 2.95. The highest BCUT2D eigenvalue weighted by Crippen LogP contribution is 2.39. The highest BCUT2D eigenvalue weighted by Gasteiger charge is 2.38. The standard InChI is InChI=1S/C10H22ClNOP/c1-7(2)9(5)12(14(11)13)10(6)8(3)4/h7-10H,1-6H3/q+1. The Morgan fingerprint density at radius 2 is 1.21 bits per heavy atom. The Balaban J connectivity index is 4.68. The third kappa shape index (κ3) is 3.84. The lowest BCUT2D eigenvalue weighted by molar-refractivity contribution is 0.199. The molecule has 0 fully saturated rings. The molecule has 0 aliphatic rings. The van der Waals surface area contributed by atoms with Crippen molar-refractivity contribution in [3.8, 4) is 0 Å². The molecule has 3 atom stereocenters. The van der Waals surface area contributed by atoms with Crippen molar-refractivity contribution >= 4 is 18.5 Å².